The van der Waals surface area contributed by atoms with Crippen molar-refractivity contribution in [1.29, 1.82) is 0 Å². The second-order valence-corrected chi connectivity index (χ2v) is 6.30. The monoisotopic (exact) mass is 316 g/mol. The Kier molecular flexibility index (Phi) is 3.49. The number of carbonyl (C=O) groups excluding carboxylic acids is 1. The summed E-state index contributed by atoms with van der Waals surface area (Å²) in [5.41, 5.74) is 7.17. The molecule has 0 saturated heterocycles. The molecular weight excluding hydrogens is 300 g/mol. The fourth-order valence-corrected chi connectivity index (χ4v) is 2.78. The molecule has 5 heteroatoms. The van der Waals surface area contributed by atoms with E-state index < -0.39 is 5.60 Å². The molecule has 0 atom stereocenters. The van der Waals surface area contributed by atoms with E-state index in [1.807, 2.05) is 30.3 Å². The molecule has 2 aromatic carbocycles. The Morgan fingerprint density at radius 1 is 1.23 bits per heavy atom. The van der Waals surface area contributed by atoms with Crippen molar-refractivity contribution in [2.75, 3.05) is 10.6 Å². The molecule has 1 aliphatic heterocycles. The molecule has 2 aromatic rings. The van der Waals surface area contributed by atoms with Crippen molar-refractivity contribution in [1.82, 2.24) is 0 Å². The third kappa shape index (κ3) is 2.62. The molecule has 0 bridgehead atoms. The minimum atomic E-state index is -0.931. The van der Waals surface area contributed by atoms with Gasteiger partial charge in [-0.1, -0.05) is 23.7 Å². The molecule has 1 heterocycles. The Balaban J connectivity index is 2.03. The summed E-state index contributed by atoms with van der Waals surface area (Å²) in [6, 6.07) is 12.8. The van der Waals surface area contributed by atoms with Crippen LogP contribution in [-0.2, 0) is 11.3 Å². The third-order valence-corrected chi connectivity index (χ3v) is 3.86. The SMILES string of the molecule is CC1(C)Oc2cc(N)ccc2N(Cc2cccc(Cl)c2)C1=O. The van der Waals surface area contributed by atoms with Gasteiger partial charge in [-0.25, -0.2) is 0 Å². The van der Waals surface area contributed by atoms with Gasteiger partial charge in [0.15, 0.2) is 5.60 Å². The second kappa shape index (κ2) is 5.21. The molecule has 3 rings (SSSR count). The zero-order valence-corrected chi connectivity index (χ0v) is 13.2. The van der Waals surface area contributed by atoms with Gasteiger partial charge in [-0.2, -0.15) is 0 Å². The molecular formula is C17H17ClN2O2. The number of nitrogen functional groups attached to an aromatic ring is 1. The summed E-state index contributed by atoms with van der Waals surface area (Å²) in [4.78, 5) is 14.4. The highest BCUT2D eigenvalue weighted by Gasteiger charge is 2.40. The van der Waals surface area contributed by atoms with E-state index in [2.05, 4.69) is 0 Å². The quantitative estimate of drug-likeness (QED) is 0.861. The summed E-state index contributed by atoms with van der Waals surface area (Å²) in [6.45, 7) is 3.95. The van der Waals surface area contributed by atoms with Crippen LogP contribution in [0.2, 0.25) is 5.02 Å². The van der Waals surface area contributed by atoms with E-state index in [1.165, 1.54) is 0 Å². The van der Waals surface area contributed by atoms with Crippen LogP contribution in [0, 0.1) is 0 Å². The summed E-state index contributed by atoms with van der Waals surface area (Å²) < 4.78 is 5.81. The molecule has 0 aromatic heterocycles. The Bertz CT molecular complexity index is 743. The Morgan fingerprint density at radius 3 is 2.73 bits per heavy atom. The number of halogens is 1. The molecule has 0 spiro atoms. The second-order valence-electron chi connectivity index (χ2n) is 5.86. The van der Waals surface area contributed by atoms with Gasteiger partial charge in [-0.15, -0.1) is 0 Å². The predicted molar refractivity (Wildman–Crippen MR) is 88.2 cm³/mol. The van der Waals surface area contributed by atoms with Gasteiger partial charge in [0, 0.05) is 16.8 Å². The molecule has 0 fully saturated rings. The van der Waals surface area contributed by atoms with Crippen molar-refractivity contribution in [3.63, 3.8) is 0 Å². The summed E-state index contributed by atoms with van der Waals surface area (Å²) in [6.07, 6.45) is 0. The number of fused-ring (bicyclic) bond motifs is 1. The standard InChI is InChI=1S/C17H17ClN2O2/c1-17(2)16(21)20(10-11-4-3-5-12(18)8-11)14-7-6-13(19)9-15(14)22-17/h3-9H,10,19H2,1-2H3. The number of carbonyl (C=O) groups is 1. The minimum absolute atomic E-state index is 0.0928. The number of anilines is 2. The topological polar surface area (TPSA) is 55.6 Å². The highest BCUT2D eigenvalue weighted by molar-refractivity contribution is 6.30. The van der Waals surface area contributed by atoms with Crippen molar-refractivity contribution in [2.45, 2.75) is 26.0 Å². The van der Waals surface area contributed by atoms with Gasteiger partial charge < -0.3 is 15.4 Å². The molecule has 1 amide bonds. The maximum absolute atomic E-state index is 12.7. The molecule has 114 valence electrons. The molecule has 0 aliphatic carbocycles. The van der Waals surface area contributed by atoms with Gasteiger partial charge in [-0.05, 0) is 43.7 Å². The lowest BCUT2D eigenvalue weighted by atomic mass is 10.0. The lowest BCUT2D eigenvalue weighted by Crippen LogP contribution is -2.52. The van der Waals surface area contributed by atoms with Crippen LogP contribution in [0.25, 0.3) is 0 Å². The fraction of sp³-hybridized carbons (Fsp3) is 0.235. The summed E-state index contributed by atoms with van der Waals surface area (Å²) in [7, 11) is 0. The van der Waals surface area contributed by atoms with E-state index >= 15 is 0 Å². The first-order valence-electron chi connectivity index (χ1n) is 7.02. The van der Waals surface area contributed by atoms with E-state index in [1.54, 1.807) is 30.9 Å². The van der Waals surface area contributed by atoms with Gasteiger partial charge in [0.25, 0.3) is 5.91 Å². The van der Waals surface area contributed by atoms with E-state index in [9.17, 15) is 4.79 Å². The average Bonchev–Trinajstić information content (AvgIpc) is 2.43. The molecule has 0 radical (unpaired) electrons. The first kappa shape index (κ1) is 14.7. The maximum atomic E-state index is 12.7. The van der Waals surface area contributed by atoms with Gasteiger partial charge in [-0.3, -0.25) is 4.79 Å². The summed E-state index contributed by atoms with van der Waals surface area (Å²) in [5.74, 6) is 0.524. The molecule has 22 heavy (non-hydrogen) atoms. The van der Waals surface area contributed by atoms with E-state index in [0.29, 0.717) is 23.0 Å². The number of benzene rings is 2. The average molecular weight is 317 g/mol. The van der Waals surface area contributed by atoms with Crippen molar-refractivity contribution in [3.8, 4) is 5.75 Å². The van der Waals surface area contributed by atoms with Crippen LogP contribution in [-0.4, -0.2) is 11.5 Å². The third-order valence-electron chi connectivity index (χ3n) is 3.63. The number of nitrogens with zero attached hydrogens (tertiary/aromatic N) is 1. The minimum Gasteiger partial charge on any atom is -0.476 e. The van der Waals surface area contributed by atoms with Crippen LogP contribution < -0.4 is 15.4 Å². The van der Waals surface area contributed by atoms with E-state index in [-0.39, 0.29) is 5.91 Å². The van der Waals surface area contributed by atoms with Crippen LogP contribution in [0.3, 0.4) is 0 Å². The van der Waals surface area contributed by atoms with Crippen LogP contribution in [0.4, 0.5) is 11.4 Å². The number of rotatable bonds is 2. The van der Waals surface area contributed by atoms with Crippen molar-refractivity contribution in [3.05, 3.63) is 53.1 Å². The molecule has 4 nitrogen and oxygen atoms in total. The number of hydrogen-bond acceptors (Lipinski definition) is 3. The van der Waals surface area contributed by atoms with Gasteiger partial charge in [0.05, 0.1) is 12.2 Å². The van der Waals surface area contributed by atoms with Gasteiger partial charge >= 0.3 is 0 Å². The van der Waals surface area contributed by atoms with Crippen LogP contribution in [0.1, 0.15) is 19.4 Å². The number of nitrogens with two attached hydrogens (primary N) is 1. The van der Waals surface area contributed by atoms with E-state index in [0.717, 1.165) is 11.3 Å². The normalized spacial score (nSPS) is 16.1. The Hall–Kier alpha value is -2.20. The van der Waals surface area contributed by atoms with Crippen LogP contribution in [0.15, 0.2) is 42.5 Å². The summed E-state index contributed by atoms with van der Waals surface area (Å²) >= 11 is 6.03. The lowest BCUT2D eigenvalue weighted by Gasteiger charge is -2.39. The summed E-state index contributed by atoms with van der Waals surface area (Å²) in [5, 5.41) is 0.648. The Labute approximate surface area is 134 Å². The molecule has 1 aliphatic rings. The number of ether oxygens (including phenoxy) is 1. The largest absolute Gasteiger partial charge is 0.476 e. The zero-order valence-electron chi connectivity index (χ0n) is 12.5. The Morgan fingerprint density at radius 2 is 2.00 bits per heavy atom. The van der Waals surface area contributed by atoms with Gasteiger partial charge in [0.1, 0.15) is 5.75 Å². The predicted octanol–water partition coefficient (Wildman–Crippen LogP) is 3.63. The van der Waals surface area contributed by atoms with Crippen LogP contribution >= 0.6 is 11.6 Å². The molecule has 0 unspecified atom stereocenters. The van der Waals surface area contributed by atoms with Gasteiger partial charge in [0.2, 0.25) is 0 Å². The first-order chi connectivity index (χ1) is 10.4. The van der Waals surface area contributed by atoms with Crippen molar-refractivity contribution >= 4 is 28.9 Å². The lowest BCUT2D eigenvalue weighted by molar-refractivity contribution is -0.132. The maximum Gasteiger partial charge on any atom is 0.271 e. The van der Waals surface area contributed by atoms with Crippen molar-refractivity contribution in [2.24, 2.45) is 0 Å². The van der Waals surface area contributed by atoms with Crippen molar-refractivity contribution < 1.29 is 9.53 Å². The number of amides is 1. The smallest absolute Gasteiger partial charge is 0.271 e. The first-order valence-corrected chi connectivity index (χ1v) is 7.39. The number of hydrogen-bond donors (Lipinski definition) is 1. The van der Waals surface area contributed by atoms with E-state index in [4.69, 9.17) is 22.1 Å². The fourth-order valence-electron chi connectivity index (χ4n) is 2.56. The molecule has 0 saturated carbocycles. The highest BCUT2D eigenvalue weighted by atomic mass is 35.5. The van der Waals surface area contributed by atoms with Crippen LogP contribution in [0.5, 0.6) is 5.75 Å². The molecule has 2 N–H and O–H groups in total. The highest BCUT2D eigenvalue weighted by Crippen LogP contribution is 2.39. The zero-order chi connectivity index (χ0) is 15.9.